The molecule has 1 atom stereocenters. The Kier molecular flexibility index (Phi) is 5.08. The van der Waals surface area contributed by atoms with Crippen molar-refractivity contribution >= 4 is 5.91 Å². The van der Waals surface area contributed by atoms with Crippen molar-refractivity contribution in [3.05, 3.63) is 63.3 Å². The number of carbonyl (C=O) groups is 1. The molecule has 1 fully saturated rings. The molecule has 3 rings (SSSR count). The van der Waals surface area contributed by atoms with E-state index >= 15 is 0 Å². The van der Waals surface area contributed by atoms with E-state index in [-0.39, 0.29) is 22.7 Å². The van der Waals surface area contributed by atoms with Crippen LogP contribution in [-0.2, 0) is 5.41 Å². The summed E-state index contributed by atoms with van der Waals surface area (Å²) >= 11 is 0. The summed E-state index contributed by atoms with van der Waals surface area (Å²) in [6, 6.07) is 6.65. The monoisotopic (exact) mass is 393 g/mol. The van der Waals surface area contributed by atoms with Gasteiger partial charge >= 0.3 is 6.18 Å². The fourth-order valence-corrected chi connectivity index (χ4v) is 2.85. The highest BCUT2D eigenvalue weighted by atomic mass is 19.4. The summed E-state index contributed by atoms with van der Waals surface area (Å²) in [5, 5.41) is 2.74. The number of carbonyl (C=O) groups excluding carboxylic acids is 1. The van der Waals surface area contributed by atoms with Crippen molar-refractivity contribution in [2.24, 2.45) is 0 Å². The summed E-state index contributed by atoms with van der Waals surface area (Å²) in [6.07, 6.45) is -2.49. The first-order valence-electron chi connectivity index (χ1n) is 9.08. The topological polar surface area (TPSA) is 74.8 Å². The van der Waals surface area contributed by atoms with Gasteiger partial charge in [0.05, 0.1) is 11.5 Å². The van der Waals surface area contributed by atoms with E-state index in [9.17, 15) is 22.8 Å². The lowest BCUT2D eigenvalue weighted by Gasteiger charge is -2.28. The van der Waals surface area contributed by atoms with Gasteiger partial charge in [-0.1, -0.05) is 24.3 Å². The maximum absolute atomic E-state index is 13.2. The largest absolute Gasteiger partial charge is 0.397 e. The lowest BCUT2D eigenvalue weighted by molar-refractivity contribution is -0.180. The molecule has 1 aliphatic carbocycles. The third-order valence-corrected chi connectivity index (χ3v) is 5.15. The molecule has 1 aliphatic rings. The predicted octanol–water partition coefficient (Wildman–Crippen LogP) is 3.98. The van der Waals surface area contributed by atoms with Gasteiger partial charge in [0.2, 0.25) is 0 Å². The molecular formula is C20H22F3N3O2. The van der Waals surface area contributed by atoms with Crippen molar-refractivity contribution in [3.8, 4) is 0 Å². The van der Waals surface area contributed by atoms with Crippen LogP contribution in [0.5, 0.6) is 0 Å². The third kappa shape index (κ3) is 4.10. The number of hydrogen-bond donors (Lipinski definition) is 2. The number of aromatic nitrogens is 2. The molecule has 150 valence electrons. The van der Waals surface area contributed by atoms with Crippen molar-refractivity contribution in [2.75, 3.05) is 0 Å². The van der Waals surface area contributed by atoms with E-state index in [1.807, 2.05) is 0 Å². The number of alkyl halides is 3. The van der Waals surface area contributed by atoms with Crippen LogP contribution in [0.1, 0.15) is 73.0 Å². The van der Waals surface area contributed by atoms with Crippen LogP contribution in [0, 0.1) is 0 Å². The normalized spacial score (nSPS) is 15.9. The number of nitrogens with zero attached hydrogens (tertiary/aromatic N) is 1. The molecule has 28 heavy (non-hydrogen) atoms. The molecular weight excluding hydrogens is 371 g/mol. The van der Waals surface area contributed by atoms with Crippen LogP contribution in [0.25, 0.3) is 0 Å². The van der Waals surface area contributed by atoms with Crippen LogP contribution in [0.4, 0.5) is 13.2 Å². The average molecular weight is 393 g/mol. The molecule has 5 nitrogen and oxygen atoms in total. The number of nitrogens with one attached hydrogen (secondary N) is 2. The van der Waals surface area contributed by atoms with E-state index in [1.54, 1.807) is 19.1 Å². The quantitative estimate of drug-likeness (QED) is 0.807. The van der Waals surface area contributed by atoms with Crippen molar-refractivity contribution in [2.45, 2.75) is 57.2 Å². The lowest BCUT2D eigenvalue weighted by Crippen LogP contribution is -2.36. The molecule has 1 heterocycles. The molecule has 8 heteroatoms. The molecule has 0 radical (unpaired) electrons. The molecule has 0 spiro atoms. The zero-order chi connectivity index (χ0) is 20.7. The minimum Gasteiger partial charge on any atom is -0.344 e. The number of rotatable bonds is 5. The highest BCUT2D eigenvalue weighted by Gasteiger charge is 2.48. The van der Waals surface area contributed by atoms with Gasteiger partial charge < -0.3 is 10.3 Å². The molecule has 1 unspecified atom stereocenters. The number of hydrogen-bond acceptors (Lipinski definition) is 3. The summed E-state index contributed by atoms with van der Waals surface area (Å²) in [5.41, 5.74) is -1.51. The maximum Gasteiger partial charge on any atom is 0.397 e. The Bertz CT molecular complexity index is 929. The first kappa shape index (κ1) is 20.1. The van der Waals surface area contributed by atoms with E-state index < -0.39 is 23.5 Å². The minimum absolute atomic E-state index is 0.0346. The van der Waals surface area contributed by atoms with Crippen LogP contribution >= 0.6 is 0 Å². The van der Waals surface area contributed by atoms with E-state index in [0.717, 1.165) is 32.8 Å². The minimum atomic E-state index is -4.36. The second-order valence-corrected chi connectivity index (χ2v) is 7.73. The Morgan fingerprint density at radius 1 is 1.21 bits per heavy atom. The predicted molar refractivity (Wildman–Crippen MR) is 98.2 cm³/mol. The molecule has 0 bridgehead atoms. The third-order valence-electron chi connectivity index (χ3n) is 5.15. The first-order chi connectivity index (χ1) is 13.0. The second kappa shape index (κ2) is 7.07. The summed E-state index contributed by atoms with van der Waals surface area (Å²) < 4.78 is 39.5. The van der Waals surface area contributed by atoms with E-state index in [0.29, 0.717) is 11.4 Å². The lowest BCUT2D eigenvalue weighted by atomic mass is 9.83. The molecule has 1 aromatic carbocycles. The van der Waals surface area contributed by atoms with Crippen LogP contribution in [0.3, 0.4) is 0 Å². The van der Waals surface area contributed by atoms with Crippen LogP contribution in [0.15, 0.2) is 35.1 Å². The summed E-state index contributed by atoms with van der Waals surface area (Å²) in [4.78, 5) is 31.1. The number of aromatic amines is 1. The maximum atomic E-state index is 13.2. The fraction of sp³-hybridized carbons (Fsp3) is 0.450. The van der Waals surface area contributed by atoms with Gasteiger partial charge in [-0.2, -0.15) is 13.2 Å². The Morgan fingerprint density at radius 3 is 2.36 bits per heavy atom. The zero-order valence-corrected chi connectivity index (χ0v) is 15.9. The number of benzene rings is 1. The van der Waals surface area contributed by atoms with Gasteiger partial charge in [-0.3, -0.25) is 9.59 Å². The Morgan fingerprint density at radius 2 is 1.82 bits per heavy atom. The van der Waals surface area contributed by atoms with Crippen molar-refractivity contribution in [1.29, 1.82) is 0 Å². The highest BCUT2D eigenvalue weighted by Crippen LogP contribution is 2.40. The Hall–Kier alpha value is -2.64. The van der Waals surface area contributed by atoms with Crippen LogP contribution < -0.4 is 10.9 Å². The summed E-state index contributed by atoms with van der Waals surface area (Å²) in [6.45, 7) is 3.98. The number of halogens is 3. The van der Waals surface area contributed by atoms with Gasteiger partial charge in [0.1, 0.15) is 11.5 Å². The van der Waals surface area contributed by atoms with Gasteiger partial charge in [-0.05, 0) is 44.7 Å². The van der Waals surface area contributed by atoms with Gasteiger partial charge in [0.15, 0.2) is 0 Å². The molecule has 0 aliphatic heterocycles. The number of H-pyrrole nitrogens is 1. The standard InChI is InChI=1S/C20H22F3N3O2/c1-11(12-6-8-14(9-7-12)19(2,3)20(21,22)23)24-18(28)15-10-16(27)26-17(25-15)13-4-5-13/h6-11,13H,4-5H2,1-3H3,(H,24,28)(H,25,26,27). The summed E-state index contributed by atoms with van der Waals surface area (Å²) in [5.74, 6) is 0.214. The average Bonchev–Trinajstić information content (AvgIpc) is 3.45. The fourth-order valence-electron chi connectivity index (χ4n) is 2.85. The molecule has 2 aromatic rings. The molecule has 0 saturated heterocycles. The van der Waals surface area contributed by atoms with Crippen molar-refractivity contribution in [3.63, 3.8) is 0 Å². The molecule has 1 amide bonds. The van der Waals surface area contributed by atoms with Crippen LogP contribution in [0.2, 0.25) is 0 Å². The van der Waals surface area contributed by atoms with Gasteiger partial charge in [0, 0.05) is 12.0 Å². The summed E-state index contributed by atoms with van der Waals surface area (Å²) in [7, 11) is 0. The highest BCUT2D eigenvalue weighted by molar-refractivity contribution is 5.92. The Balaban J connectivity index is 1.73. The SMILES string of the molecule is CC(NC(=O)c1cc(=O)[nH]c(C2CC2)n1)c1ccc(C(C)(C)C(F)(F)F)cc1. The van der Waals surface area contributed by atoms with E-state index in [1.165, 1.54) is 12.1 Å². The van der Waals surface area contributed by atoms with Gasteiger partial charge in [0.25, 0.3) is 11.5 Å². The molecule has 2 N–H and O–H groups in total. The molecule has 1 aromatic heterocycles. The van der Waals surface area contributed by atoms with Crippen LogP contribution in [-0.4, -0.2) is 22.1 Å². The van der Waals surface area contributed by atoms with E-state index in [4.69, 9.17) is 0 Å². The van der Waals surface area contributed by atoms with Gasteiger partial charge in [-0.15, -0.1) is 0 Å². The van der Waals surface area contributed by atoms with Crippen molar-refractivity contribution < 1.29 is 18.0 Å². The number of amides is 1. The van der Waals surface area contributed by atoms with Crippen molar-refractivity contribution in [1.82, 2.24) is 15.3 Å². The van der Waals surface area contributed by atoms with E-state index in [2.05, 4.69) is 15.3 Å². The Labute approximate surface area is 160 Å². The first-order valence-corrected chi connectivity index (χ1v) is 9.08. The smallest absolute Gasteiger partial charge is 0.344 e. The van der Waals surface area contributed by atoms with Gasteiger partial charge in [-0.25, -0.2) is 4.98 Å². The zero-order valence-electron chi connectivity index (χ0n) is 15.9. The molecule has 1 saturated carbocycles. The second-order valence-electron chi connectivity index (χ2n) is 7.73.